The Morgan fingerprint density at radius 1 is 1.36 bits per heavy atom. The first-order valence-corrected chi connectivity index (χ1v) is 10.9. The highest BCUT2D eigenvalue weighted by Crippen LogP contribution is 2.27. The number of hydrogen-bond acceptors (Lipinski definition) is 5. The van der Waals surface area contributed by atoms with Gasteiger partial charge in [0.1, 0.15) is 5.82 Å². The van der Waals surface area contributed by atoms with Gasteiger partial charge in [-0.3, -0.25) is 4.79 Å². The zero-order valence-electron chi connectivity index (χ0n) is 14.2. The van der Waals surface area contributed by atoms with Crippen molar-refractivity contribution in [2.75, 3.05) is 22.6 Å². The Morgan fingerprint density at radius 2 is 2.12 bits per heavy atom. The number of thioether (sulfide) groups is 1. The van der Waals surface area contributed by atoms with E-state index < -0.39 is 9.84 Å². The van der Waals surface area contributed by atoms with Crippen molar-refractivity contribution in [3.63, 3.8) is 0 Å². The number of rotatable bonds is 5. The Morgan fingerprint density at radius 3 is 2.80 bits per heavy atom. The summed E-state index contributed by atoms with van der Waals surface area (Å²) in [4.78, 5) is 13.4. The number of amides is 1. The highest BCUT2D eigenvalue weighted by molar-refractivity contribution is 8.00. The van der Waals surface area contributed by atoms with Crippen molar-refractivity contribution >= 4 is 33.3 Å². The maximum absolute atomic E-state index is 12.3. The maximum Gasteiger partial charge on any atom is 0.235 e. The molecule has 2 aromatic rings. The van der Waals surface area contributed by atoms with E-state index in [9.17, 15) is 13.2 Å². The summed E-state index contributed by atoms with van der Waals surface area (Å²) in [5.74, 6) is 0.977. The van der Waals surface area contributed by atoms with Crippen LogP contribution in [0.4, 0.5) is 5.82 Å². The highest BCUT2D eigenvalue weighted by Gasteiger charge is 2.31. The smallest absolute Gasteiger partial charge is 0.235 e. The van der Waals surface area contributed by atoms with Crippen molar-refractivity contribution < 1.29 is 13.2 Å². The molecule has 1 aliphatic heterocycles. The number of nitrogens with one attached hydrogen (secondary N) is 1. The second kappa shape index (κ2) is 7.21. The first kappa shape index (κ1) is 18.0. The molecule has 1 aliphatic rings. The first-order valence-electron chi connectivity index (χ1n) is 8.09. The summed E-state index contributed by atoms with van der Waals surface area (Å²) in [7, 11) is -3.01. The van der Waals surface area contributed by atoms with Crippen molar-refractivity contribution in [1.29, 1.82) is 0 Å². The van der Waals surface area contributed by atoms with E-state index in [2.05, 4.69) is 10.4 Å². The molecule has 134 valence electrons. The van der Waals surface area contributed by atoms with Crippen LogP contribution in [0.5, 0.6) is 0 Å². The van der Waals surface area contributed by atoms with Gasteiger partial charge in [0.2, 0.25) is 5.91 Å². The molecule has 0 aliphatic carbocycles. The summed E-state index contributed by atoms with van der Waals surface area (Å²) < 4.78 is 25.1. The molecule has 3 rings (SSSR count). The molecule has 1 atom stereocenters. The van der Waals surface area contributed by atoms with Crippen molar-refractivity contribution in [3.05, 3.63) is 41.6 Å². The van der Waals surface area contributed by atoms with Gasteiger partial charge in [0, 0.05) is 11.0 Å². The van der Waals surface area contributed by atoms with Crippen LogP contribution in [0, 0.1) is 13.8 Å². The fourth-order valence-corrected chi connectivity index (χ4v) is 5.42. The van der Waals surface area contributed by atoms with E-state index in [0.29, 0.717) is 12.2 Å². The third-order valence-electron chi connectivity index (χ3n) is 4.13. The number of carbonyl (C=O) groups is 1. The summed E-state index contributed by atoms with van der Waals surface area (Å²) in [5, 5.41) is 7.25. The largest absolute Gasteiger partial charge is 0.310 e. The normalized spacial score (nSPS) is 19.0. The summed E-state index contributed by atoms with van der Waals surface area (Å²) >= 11 is 1.48. The minimum absolute atomic E-state index is 0.0783. The van der Waals surface area contributed by atoms with Gasteiger partial charge >= 0.3 is 0 Å². The molecule has 1 unspecified atom stereocenters. The van der Waals surface area contributed by atoms with Gasteiger partial charge in [-0.25, -0.2) is 13.1 Å². The van der Waals surface area contributed by atoms with Crippen LogP contribution in [0.15, 0.2) is 35.2 Å². The highest BCUT2D eigenvalue weighted by atomic mass is 32.2. The first-order chi connectivity index (χ1) is 11.8. The van der Waals surface area contributed by atoms with Crippen molar-refractivity contribution in [1.82, 2.24) is 9.78 Å². The lowest BCUT2D eigenvalue weighted by atomic mass is 10.2. The molecule has 0 bridgehead atoms. The number of nitrogens with zero attached hydrogens (tertiary/aromatic N) is 2. The molecule has 0 saturated carbocycles. The summed E-state index contributed by atoms with van der Waals surface area (Å²) in [5.41, 5.74) is 1.89. The van der Waals surface area contributed by atoms with E-state index in [-0.39, 0.29) is 29.2 Å². The Labute approximate surface area is 151 Å². The molecule has 1 N–H and O–H groups in total. The van der Waals surface area contributed by atoms with E-state index >= 15 is 0 Å². The van der Waals surface area contributed by atoms with Crippen LogP contribution in [0.1, 0.15) is 23.7 Å². The predicted molar refractivity (Wildman–Crippen MR) is 99.8 cm³/mol. The second-order valence-corrected chi connectivity index (χ2v) is 9.52. The monoisotopic (exact) mass is 379 g/mol. The summed E-state index contributed by atoms with van der Waals surface area (Å²) in [6, 6.07) is 9.49. The molecule has 0 radical (unpaired) electrons. The van der Waals surface area contributed by atoms with Gasteiger partial charge in [-0.05, 0) is 31.9 Å². The van der Waals surface area contributed by atoms with E-state index in [0.717, 1.165) is 16.2 Å². The van der Waals surface area contributed by atoms with Gasteiger partial charge in [0.05, 0.1) is 29.0 Å². The molecule has 1 aromatic heterocycles. The number of sulfone groups is 1. The molecule has 2 heterocycles. The van der Waals surface area contributed by atoms with Crippen LogP contribution in [0.2, 0.25) is 0 Å². The number of aromatic nitrogens is 2. The van der Waals surface area contributed by atoms with Gasteiger partial charge in [-0.2, -0.15) is 5.10 Å². The molecule has 8 heteroatoms. The number of anilines is 1. The fraction of sp³-hybridized carbons (Fsp3) is 0.412. The maximum atomic E-state index is 12.3. The van der Waals surface area contributed by atoms with Gasteiger partial charge in [0.25, 0.3) is 0 Å². The fourth-order valence-electron chi connectivity index (χ4n) is 2.90. The minimum atomic E-state index is -3.01. The topological polar surface area (TPSA) is 81.1 Å². The van der Waals surface area contributed by atoms with Crippen LogP contribution in [-0.2, 0) is 14.6 Å². The average molecular weight is 380 g/mol. The third-order valence-corrected chi connectivity index (χ3v) is 7.06. The SMILES string of the molecule is Cc1cc(NC(=O)CSc2ccccc2C)n(C2CCS(=O)(=O)C2)n1. The Kier molecular flexibility index (Phi) is 5.19. The van der Waals surface area contributed by atoms with Gasteiger partial charge in [-0.15, -0.1) is 11.8 Å². The zero-order valence-corrected chi connectivity index (χ0v) is 15.9. The van der Waals surface area contributed by atoms with E-state index in [1.165, 1.54) is 11.8 Å². The predicted octanol–water partition coefficient (Wildman–Crippen LogP) is 2.59. The van der Waals surface area contributed by atoms with Crippen LogP contribution >= 0.6 is 11.8 Å². The second-order valence-electron chi connectivity index (χ2n) is 6.27. The molecular formula is C17H21N3O3S2. The number of benzene rings is 1. The molecule has 6 nitrogen and oxygen atoms in total. The molecule has 1 fully saturated rings. The Balaban J connectivity index is 1.67. The van der Waals surface area contributed by atoms with Gasteiger partial charge < -0.3 is 5.32 Å². The van der Waals surface area contributed by atoms with Crippen molar-refractivity contribution in [3.8, 4) is 0 Å². The van der Waals surface area contributed by atoms with Crippen molar-refractivity contribution in [2.24, 2.45) is 0 Å². The zero-order chi connectivity index (χ0) is 18.0. The molecule has 25 heavy (non-hydrogen) atoms. The Bertz CT molecular complexity index is 890. The van der Waals surface area contributed by atoms with Crippen LogP contribution in [0.3, 0.4) is 0 Å². The number of aryl methyl sites for hydroxylation is 2. The standard InChI is InChI=1S/C17H21N3O3S2/c1-12-5-3-4-6-15(12)24-10-17(21)18-16-9-13(2)19-20(16)14-7-8-25(22,23)11-14/h3-6,9,14H,7-8,10-11H2,1-2H3,(H,18,21). The van der Waals surface area contributed by atoms with E-state index in [4.69, 9.17) is 0 Å². The summed E-state index contributed by atoms with van der Waals surface area (Å²) in [6.07, 6.45) is 0.532. The van der Waals surface area contributed by atoms with E-state index in [1.54, 1.807) is 10.7 Å². The number of hydrogen-bond donors (Lipinski definition) is 1. The van der Waals surface area contributed by atoms with Crippen LogP contribution in [0.25, 0.3) is 0 Å². The molecule has 1 amide bonds. The van der Waals surface area contributed by atoms with Crippen molar-refractivity contribution in [2.45, 2.75) is 31.2 Å². The van der Waals surface area contributed by atoms with Crippen LogP contribution in [-0.4, -0.2) is 41.4 Å². The lowest BCUT2D eigenvalue weighted by Crippen LogP contribution is -2.20. The third kappa shape index (κ3) is 4.43. The number of carbonyl (C=O) groups excluding carboxylic acids is 1. The summed E-state index contributed by atoms with van der Waals surface area (Å²) in [6.45, 7) is 3.84. The van der Waals surface area contributed by atoms with Gasteiger partial charge in [-0.1, -0.05) is 18.2 Å². The molecular weight excluding hydrogens is 358 g/mol. The van der Waals surface area contributed by atoms with E-state index in [1.807, 2.05) is 38.1 Å². The lowest BCUT2D eigenvalue weighted by molar-refractivity contribution is -0.113. The van der Waals surface area contributed by atoms with Crippen LogP contribution < -0.4 is 5.32 Å². The average Bonchev–Trinajstić information content (AvgIpc) is 3.08. The lowest BCUT2D eigenvalue weighted by Gasteiger charge is -2.14. The quantitative estimate of drug-likeness (QED) is 0.808. The molecule has 1 aromatic carbocycles. The Hall–Kier alpha value is -1.80. The van der Waals surface area contributed by atoms with Gasteiger partial charge in [0.15, 0.2) is 9.84 Å². The molecule has 0 spiro atoms. The molecule has 1 saturated heterocycles. The minimum Gasteiger partial charge on any atom is -0.310 e.